The number of halogens is 7. The fourth-order valence-corrected chi connectivity index (χ4v) is 1.18. The van der Waals surface area contributed by atoms with Crippen molar-refractivity contribution in [1.29, 1.82) is 0 Å². The summed E-state index contributed by atoms with van der Waals surface area (Å²) >= 11 is 4.67. The Morgan fingerprint density at radius 2 is 1.27 bits per heavy atom. The normalized spacial score (nSPS) is 16.6. The molecular weight excluding hydrogens is 254 g/mol. The first-order chi connectivity index (χ1) is 6.53. The molecule has 0 aliphatic carbocycles. The van der Waals surface area contributed by atoms with Gasteiger partial charge in [-0.15, -0.1) is 11.6 Å². The van der Waals surface area contributed by atoms with Crippen LogP contribution in [0.5, 0.6) is 0 Å². The van der Waals surface area contributed by atoms with Crippen molar-refractivity contribution in [1.82, 2.24) is 0 Å². The second-order valence-electron chi connectivity index (χ2n) is 2.48. The zero-order chi connectivity index (χ0) is 12.5. The fourth-order valence-electron chi connectivity index (χ4n) is 0.881. The van der Waals surface area contributed by atoms with Crippen LogP contribution >= 0.6 is 11.6 Å². The van der Waals surface area contributed by atoms with Crippen LogP contribution in [-0.2, 0) is 9.47 Å². The van der Waals surface area contributed by atoms with Gasteiger partial charge in [0.25, 0.3) is 5.79 Å². The van der Waals surface area contributed by atoms with Crippen molar-refractivity contribution in [2.45, 2.75) is 23.5 Å². The Morgan fingerprint density at radius 1 is 0.933 bits per heavy atom. The van der Waals surface area contributed by atoms with Crippen molar-refractivity contribution >= 4 is 11.6 Å². The molecule has 0 saturated carbocycles. The maximum Gasteiger partial charge on any atom is 0.445 e. The zero-order valence-electron chi connectivity index (χ0n) is 7.54. The molecule has 1 unspecified atom stereocenters. The minimum absolute atomic E-state index is 0.429. The van der Waals surface area contributed by atoms with Crippen molar-refractivity contribution < 1.29 is 35.8 Å². The van der Waals surface area contributed by atoms with Crippen molar-refractivity contribution in [3.05, 3.63) is 0 Å². The van der Waals surface area contributed by atoms with Gasteiger partial charge in [-0.25, -0.2) is 0 Å². The van der Waals surface area contributed by atoms with Gasteiger partial charge in [0.1, 0.15) is 0 Å². The molecule has 2 nitrogen and oxygen atoms in total. The predicted molar refractivity (Wildman–Crippen MR) is 38.5 cm³/mol. The summed E-state index contributed by atoms with van der Waals surface area (Å²) in [5.74, 6) is -3.90. The average molecular weight is 261 g/mol. The summed E-state index contributed by atoms with van der Waals surface area (Å²) < 4.78 is 80.6. The number of alkyl halides is 7. The van der Waals surface area contributed by atoms with Crippen LogP contribution in [0.25, 0.3) is 0 Å². The lowest BCUT2D eigenvalue weighted by Crippen LogP contribution is -2.60. The van der Waals surface area contributed by atoms with Crippen molar-refractivity contribution in [3.8, 4) is 0 Å². The molecule has 0 aromatic rings. The van der Waals surface area contributed by atoms with E-state index >= 15 is 0 Å². The second kappa shape index (κ2) is 4.34. The SMILES string of the molecule is COC(OC)(C(Cl)C(F)(F)F)C(F)(F)F. The van der Waals surface area contributed by atoms with E-state index in [2.05, 4.69) is 21.1 Å². The van der Waals surface area contributed by atoms with E-state index in [4.69, 9.17) is 0 Å². The van der Waals surface area contributed by atoms with Gasteiger partial charge in [-0.3, -0.25) is 0 Å². The number of methoxy groups -OCH3 is 2. The van der Waals surface area contributed by atoms with Gasteiger partial charge < -0.3 is 9.47 Å². The predicted octanol–water partition coefficient (Wildman–Crippen LogP) is 2.71. The highest BCUT2D eigenvalue weighted by atomic mass is 35.5. The molecule has 0 radical (unpaired) electrons. The first kappa shape index (κ1) is 14.8. The number of ether oxygens (including phenoxy) is 2. The lowest BCUT2D eigenvalue weighted by molar-refractivity contribution is -0.386. The molecule has 0 aliphatic heterocycles. The van der Waals surface area contributed by atoms with Gasteiger partial charge >= 0.3 is 12.4 Å². The van der Waals surface area contributed by atoms with Gasteiger partial charge in [0, 0.05) is 14.2 Å². The molecule has 0 aliphatic rings. The van der Waals surface area contributed by atoms with Gasteiger partial charge in [-0.05, 0) is 0 Å². The molecule has 9 heteroatoms. The van der Waals surface area contributed by atoms with Crippen LogP contribution in [-0.4, -0.2) is 37.7 Å². The first-order valence-corrected chi connectivity index (χ1v) is 3.84. The largest absolute Gasteiger partial charge is 0.445 e. The van der Waals surface area contributed by atoms with Crippen molar-refractivity contribution in [3.63, 3.8) is 0 Å². The van der Waals surface area contributed by atoms with Gasteiger partial charge in [-0.2, -0.15) is 26.3 Å². The van der Waals surface area contributed by atoms with E-state index < -0.39 is 23.5 Å². The van der Waals surface area contributed by atoms with E-state index in [-0.39, 0.29) is 0 Å². The molecule has 0 spiro atoms. The number of hydrogen-bond acceptors (Lipinski definition) is 2. The third kappa shape index (κ3) is 2.67. The molecule has 1 atom stereocenters. The molecular formula is C6H7ClF6O2. The van der Waals surface area contributed by atoms with E-state index in [1.165, 1.54) is 0 Å². The molecule has 92 valence electrons. The van der Waals surface area contributed by atoms with Crippen LogP contribution in [0.2, 0.25) is 0 Å². The average Bonchev–Trinajstić information content (AvgIpc) is 2.03. The third-order valence-electron chi connectivity index (χ3n) is 1.62. The fraction of sp³-hybridized carbons (Fsp3) is 1.00. The minimum atomic E-state index is -5.40. The Labute approximate surface area is 86.1 Å². The first-order valence-electron chi connectivity index (χ1n) is 3.40. The molecule has 0 amide bonds. The maximum absolute atomic E-state index is 12.3. The Morgan fingerprint density at radius 3 is 1.33 bits per heavy atom. The van der Waals surface area contributed by atoms with Gasteiger partial charge in [0.15, 0.2) is 5.38 Å². The topological polar surface area (TPSA) is 18.5 Å². The zero-order valence-corrected chi connectivity index (χ0v) is 8.30. The monoisotopic (exact) mass is 260 g/mol. The molecule has 0 bridgehead atoms. The van der Waals surface area contributed by atoms with Gasteiger partial charge in [-0.1, -0.05) is 0 Å². The molecule has 0 rings (SSSR count). The van der Waals surface area contributed by atoms with E-state index in [9.17, 15) is 26.3 Å². The molecule has 15 heavy (non-hydrogen) atoms. The van der Waals surface area contributed by atoms with Gasteiger partial charge in [0.05, 0.1) is 0 Å². The van der Waals surface area contributed by atoms with Crippen LogP contribution in [0.1, 0.15) is 0 Å². The highest BCUT2D eigenvalue weighted by Crippen LogP contribution is 2.44. The number of hydrogen-bond donors (Lipinski definition) is 0. The Kier molecular flexibility index (Phi) is 4.28. The summed E-state index contributed by atoms with van der Waals surface area (Å²) in [5, 5.41) is -3.35. The van der Waals surface area contributed by atoms with Crippen molar-refractivity contribution in [2.24, 2.45) is 0 Å². The van der Waals surface area contributed by atoms with Crippen LogP contribution < -0.4 is 0 Å². The van der Waals surface area contributed by atoms with Crippen LogP contribution in [0, 0.1) is 0 Å². The third-order valence-corrected chi connectivity index (χ3v) is 2.16. The Hall–Kier alpha value is -0.210. The minimum Gasteiger partial charge on any atom is -0.345 e. The smallest absolute Gasteiger partial charge is 0.345 e. The molecule has 0 saturated heterocycles. The molecule has 0 heterocycles. The summed E-state index contributed by atoms with van der Waals surface area (Å²) in [4.78, 5) is 0. The molecule has 0 aromatic heterocycles. The Balaban J connectivity index is 5.30. The maximum atomic E-state index is 12.3. The second-order valence-corrected chi connectivity index (χ2v) is 2.91. The van der Waals surface area contributed by atoms with E-state index in [0.717, 1.165) is 0 Å². The summed E-state index contributed by atoms with van der Waals surface area (Å²) in [5.41, 5.74) is 0. The lowest BCUT2D eigenvalue weighted by Gasteiger charge is -2.36. The van der Waals surface area contributed by atoms with Crippen LogP contribution in [0.15, 0.2) is 0 Å². The van der Waals surface area contributed by atoms with Crippen LogP contribution in [0.3, 0.4) is 0 Å². The molecule has 0 aromatic carbocycles. The highest BCUT2D eigenvalue weighted by molar-refractivity contribution is 6.22. The van der Waals surface area contributed by atoms with E-state index in [1.807, 2.05) is 0 Å². The summed E-state index contributed by atoms with van der Waals surface area (Å²) in [6.45, 7) is 0. The summed E-state index contributed by atoms with van der Waals surface area (Å²) in [6.07, 6.45) is -10.7. The summed E-state index contributed by atoms with van der Waals surface area (Å²) in [7, 11) is 0.857. The Bertz CT molecular complexity index is 209. The van der Waals surface area contributed by atoms with Crippen molar-refractivity contribution in [2.75, 3.05) is 14.2 Å². The quantitative estimate of drug-likeness (QED) is 0.441. The molecule has 0 fully saturated rings. The van der Waals surface area contributed by atoms with E-state index in [1.54, 1.807) is 0 Å². The highest BCUT2D eigenvalue weighted by Gasteiger charge is 2.68. The number of rotatable bonds is 3. The summed E-state index contributed by atoms with van der Waals surface area (Å²) in [6, 6.07) is 0. The van der Waals surface area contributed by atoms with Gasteiger partial charge in [0.2, 0.25) is 0 Å². The van der Waals surface area contributed by atoms with Crippen LogP contribution in [0.4, 0.5) is 26.3 Å². The molecule has 0 N–H and O–H groups in total. The van der Waals surface area contributed by atoms with E-state index in [0.29, 0.717) is 14.2 Å². The lowest BCUT2D eigenvalue weighted by atomic mass is 10.1. The standard InChI is InChI=1S/C6H7ClF6O2/c1-14-4(15-2,6(11,12)13)3(7)5(8,9)10/h3H,1-2H3.